The molecule has 5 nitrogen and oxygen atoms in total. The molecule has 2 heterocycles. The molecule has 1 aliphatic heterocycles. The highest BCUT2D eigenvalue weighted by molar-refractivity contribution is 7.80. The van der Waals surface area contributed by atoms with Crippen molar-refractivity contribution in [3.8, 4) is 5.75 Å². The number of nitrogens with zero attached hydrogens (tertiary/aromatic N) is 2. The molecule has 0 unspecified atom stereocenters. The van der Waals surface area contributed by atoms with Gasteiger partial charge in [0.05, 0.1) is 12.3 Å². The third-order valence-corrected chi connectivity index (χ3v) is 3.56. The van der Waals surface area contributed by atoms with E-state index in [1.165, 1.54) is 4.90 Å². The highest BCUT2D eigenvalue weighted by atomic mass is 32.1. The van der Waals surface area contributed by atoms with E-state index in [4.69, 9.17) is 17.0 Å². The van der Waals surface area contributed by atoms with Gasteiger partial charge in [0.2, 0.25) is 0 Å². The molecule has 1 aromatic carbocycles. The Morgan fingerprint density at radius 2 is 2.09 bits per heavy atom. The van der Waals surface area contributed by atoms with E-state index in [2.05, 4.69) is 10.3 Å². The van der Waals surface area contributed by atoms with E-state index in [0.717, 1.165) is 11.3 Å². The maximum absolute atomic E-state index is 12.6. The van der Waals surface area contributed by atoms with Gasteiger partial charge in [-0.2, -0.15) is 0 Å². The lowest BCUT2D eigenvalue weighted by Gasteiger charge is -2.14. The van der Waals surface area contributed by atoms with Gasteiger partial charge in [-0.25, -0.2) is 0 Å². The van der Waals surface area contributed by atoms with Crippen molar-refractivity contribution in [2.75, 3.05) is 11.5 Å². The van der Waals surface area contributed by atoms with Gasteiger partial charge in [0.15, 0.2) is 5.11 Å². The van der Waals surface area contributed by atoms with Crippen molar-refractivity contribution in [3.05, 3.63) is 60.1 Å². The number of hydrogen-bond acceptors (Lipinski definition) is 4. The van der Waals surface area contributed by atoms with Gasteiger partial charge in [0, 0.05) is 12.4 Å². The molecule has 1 amide bonds. The predicted octanol–water partition coefficient (Wildman–Crippen LogP) is 2.74. The fourth-order valence-electron chi connectivity index (χ4n) is 2.26. The molecule has 1 fully saturated rings. The number of thiocarbonyl (C=S) groups is 1. The molecule has 3 rings (SSSR count). The first kappa shape index (κ1) is 15.2. The van der Waals surface area contributed by atoms with Gasteiger partial charge >= 0.3 is 0 Å². The Morgan fingerprint density at radius 3 is 2.74 bits per heavy atom. The standard InChI is InChI=1S/C17H15N3O2S/c1-2-22-14-7-5-13(6-8-14)20-16(21)15(19-17(20)23)10-12-4-3-9-18-11-12/h3-11H,2H2,1H3,(H,19,23)/b15-10+. The maximum atomic E-state index is 12.6. The molecule has 1 aromatic heterocycles. The molecule has 0 spiro atoms. The quantitative estimate of drug-likeness (QED) is 0.692. The average Bonchev–Trinajstić information content (AvgIpc) is 2.84. The molecule has 1 N–H and O–H groups in total. The van der Waals surface area contributed by atoms with Crippen LogP contribution in [0.5, 0.6) is 5.75 Å². The molecule has 0 radical (unpaired) electrons. The van der Waals surface area contributed by atoms with Crippen LogP contribution in [0.25, 0.3) is 6.08 Å². The number of nitrogens with one attached hydrogen (secondary N) is 1. The van der Waals surface area contributed by atoms with Gasteiger partial charge in [-0.05, 0) is 61.1 Å². The second-order valence-corrected chi connectivity index (χ2v) is 5.23. The number of benzene rings is 1. The van der Waals surface area contributed by atoms with Crippen molar-refractivity contribution < 1.29 is 9.53 Å². The molecule has 23 heavy (non-hydrogen) atoms. The summed E-state index contributed by atoms with van der Waals surface area (Å²) in [5, 5.41) is 3.31. The van der Waals surface area contributed by atoms with Crippen LogP contribution in [-0.2, 0) is 4.79 Å². The molecule has 0 aliphatic carbocycles. The Bertz CT molecular complexity index is 757. The lowest BCUT2D eigenvalue weighted by molar-refractivity contribution is -0.113. The minimum atomic E-state index is -0.192. The zero-order chi connectivity index (χ0) is 16.2. The van der Waals surface area contributed by atoms with Gasteiger partial charge < -0.3 is 10.1 Å². The second kappa shape index (κ2) is 6.58. The van der Waals surface area contributed by atoms with E-state index in [1.54, 1.807) is 18.5 Å². The molecule has 2 aromatic rings. The summed E-state index contributed by atoms with van der Waals surface area (Å²) < 4.78 is 5.41. The minimum Gasteiger partial charge on any atom is -0.494 e. The van der Waals surface area contributed by atoms with E-state index in [0.29, 0.717) is 23.1 Å². The van der Waals surface area contributed by atoms with Gasteiger partial charge in [-0.15, -0.1) is 0 Å². The molecule has 0 atom stereocenters. The highest BCUT2D eigenvalue weighted by Gasteiger charge is 2.31. The van der Waals surface area contributed by atoms with Crippen molar-refractivity contribution in [1.82, 2.24) is 10.3 Å². The van der Waals surface area contributed by atoms with Crippen LogP contribution >= 0.6 is 12.2 Å². The zero-order valence-corrected chi connectivity index (χ0v) is 13.3. The van der Waals surface area contributed by atoms with Crippen molar-refractivity contribution in [3.63, 3.8) is 0 Å². The minimum absolute atomic E-state index is 0.192. The Balaban J connectivity index is 1.85. The Labute approximate surface area is 139 Å². The third kappa shape index (κ3) is 3.22. The Hall–Kier alpha value is -2.73. The normalized spacial score (nSPS) is 15.9. The summed E-state index contributed by atoms with van der Waals surface area (Å²) in [6.45, 7) is 2.52. The molecule has 0 saturated carbocycles. The van der Waals surface area contributed by atoms with Crippen LogP contribution < -0.4 is 15.0 Å². The maximum Gasteiger partial charge on any atom is 0.281 e. The lowest BCUT2D eigenvalue weighted by Crippen LogP contribution is -2.30. The monoisotopic (exact) mass is 325 g/mol. The van der Waals surface area contributed by atoms with Crippen molar-refractivity contribution in [2.24, 2.45) is 0 Å². The van der Waals surface area contributed by atoms with Crippen molar-refractivity contribution >= 4 is 35.0 Å². The Morgan fingerprint density at radius 1 is 1.30 bits per heavy atom. The van der Waals surface area contributed by atoms with E-state index in [9.17, 15) is 4.79 Å². The Kier molecular flexibility index (Phi) is 4.34. The number of aromatic nitrogens is 1. The van der Waals surface area contributed by atoms with E-state index in [-0.39, 0.29) is 5.91 Å². The van der Waals surface area contributed by atoms with Crippen LogP contribution in [0.2, 0.25) is 0 Å². The van der Waals surface area contributed by atoms with Crippen molar-refractivity contribution in [1.29, 1.82) is 0 Å². The predicted molar refractivity (Wildman–Crippen MR) is 93.0 cm³/mol. The van der Waals surface area contributed by atoms with Crippen LogP contribution in [0.3, 0.4) is 0 Å². The summed E-state index contributed by atoms with van der Waals surface area (Å²) in [5.74, 6) is 0.566. The third-order valence-electron chi connectivity index (χ3n) is 3.28. The van der Waals surface area contributed by atoms with Crippen LogP contribution in [0.15, 0.2) is 54.5 Å². The van der Waals surface area contributed by atoms with Gasteiger partial charge in [-0.3, -0.25) is 14.7 Å². The van der Waals surface area contributed by atoms with E-state index >= 15 is 0 Å². The fraction of sp³-hybridized carbons (Fsp3) is 0.118. The van der Waals surface area contributed by atoms with Crippen LogP contribution in [0.4, 0.5) is 5.69 Å². The van der Waals surface area contributed by atoms with E-state index in [1.807, 2.05) is 43.3 Å². The fourth-order valence-corrected chi connectivity index (χ4v) is 2.55. The summed E-state index contributed by atoms with van der Waals surface area (Å²) >= 11 is 5.28. The summed E-state index contributed by atoms with van der Waals surface area (Å²) in [4.78, 5) is 18.1. The van der Waals surface area contributed by atoms with Crippen molar-refractivity contribution in [2.45, 2.75) is 6.92 Å². The summed E-state index contributed by atoms with van der Waals surface area (Å²) in [6.07, 6.45) is 5.10. The topological polar surface area (TPSA) is 54.5 Å². The SMILES string of the molecule is CCOc1ccc(N2C(=O)/C(=C\c3cccnc3)NC2=S)cc1. The number of pyridine rings is 1. The first-order valence-electron chi connectivity index (χ1n) is 7.19. The number of hydrogen-bond donors (Lipinski definition) is 1. The van der Waals surface area contributed by atoms with Crippen LogP contribution in [-0.4, -0.2) is 22.6 Å². The molecule has 0 bridgehead atoms. The summed E-state index contributed by atoms with van der Waals surface area (Å²) in [5.41, 5.74) is 1.96. The molecular formula is C17H15N3O2S. The largest absolute Gasteiger partial charge is 0.494 e. The number of carbonyl (C=O) groups excluding carboxylic acids is 1. The summed E-state index contributed by atoms with van der Waals surface area (Å²) in [6, 6.07) is 10.9. The average molecular weight is 325 g/mol. The van der Waals surface area contributed by atoms with Gasteiger partial charge in [-0.1, -0.05) is 6.07 Å². The number of amides is 1. The highest BCUT2D eigenvalue weighted by Crippen LogP contribution is 2.24. The number of rotatable bonds is 4. The molecule has 1 saturated heterocycles. The zero-order valence-electron chi connectivity index (χ0n) is 12.5. The molecule has 116 valence electrons. The molecule has 1 aliphatic rings. The smallest absolute Gasteiger partial charge is 0.281 e. The number of anilines is 1. The van der Waals surface area contributed by atoms with Crippen LogP contribution in [0, 0.1) is 0 Å². The summed E-state index contributed by atoms with van der Waals surface area (Å²) in [7, 11) is 0. The first-order chi connectivity index (χ1) is 11.2. The first-order valence-corrected chi connectivity index (χ1v) is 7.60. The van der Waals surface area contributed by atoms with Gasteiger partial charge in [0.25, 0.3) is 5.91 Å². The lowest BCUT2D eigenvalue weighted by atomic mass is 10.2. The second-order valence-electron chi connectivity index (χ2n) is 4.84. The molecular weight excluding hydrogens is 310 g/mol. The van der Waals surface area contributed by atoms with E-state index < -0.39 is 0 Å². The molecule has 6 heteroatoms. The number of ether oxygens (including phenoxy) is 1. The number of carbonyl (C=O) groups is 1. The van der Waals surface area contributed by atoms with Crippen LogP contribution in [0.1, 0.15) is 12.5 Å². The van der Waals surface area contributed by atoms with Gasteiger partial charge in [0.1, 0.15) is 11.4 Å².